The molecule has 1 aliphatic heterocycles. The van der Waals surface area contributed by atoms with Crippen LogP contribution in [0.1, 0.15) is 15.9 Å². The van der Waals surface area contributed by atoms with Crippen molar-refractivity contribution in [3.8, 4) is 5.75 Å². The third kappa shape index (κ3) is 4.42. The second-order valence-corrected chi connectivity index (χ2v) is 6.47. The van der Waals surface area contributed by atoms with Crippen LogP contribution in [0.25, 0.3) is 0 Å². The standard InChI is InChI=1S/C19H19NO9/c21-9-14-16(23)17(24)18(25)19(29-14)28-13-7-3-11(4-8-13)15(22)10-1-5-12(6-2-10)20(26)27/h1-8,14,16-19,21,23-25H,9H2/t14-,16-,17+,18+,19-/m1/s1. The van der Waals surface area contributed by atoms with Gasteiger partial charge in [-0.15, -0.1) is 0 Å². The van der Waals surface area contributed by atoms with Crippen LogP contribution in [0.3, 0.4) is 0 Å². The number of nitrogens with zero attached hydrogens (tertiary/aromatic N) is 1. The first-order valence-corrected chi connectivity index (χ1v) is 8.68. The number of aliphatic hydroxyl groups is 4. The Morgan fingerprint density at radius 2 is 1.52 bits per heavy atom. The van der Waals surface area contributed by atoms with E-state index in [9.17, 15) is 35.3 Å². The minimum Gasteiger partial charge on any atom is -0.462 e. The first-order valence-electron chi connectivity index (χ1n) is 8.68. The van der Waals surface area contributed by atoms with Gasteiger partial charge in [-0.25, -0.2) is 0 Å². The second-order valence-electron chi connectivity index (χ2n) is 6.47. The van der Waals surface area contributed by atoms with Crippen LogP contribution in [0.4, 0.5) is 5.69 Å². The molecule has 0 radical (unpaired) electrons. The number of carbonyl (C=O) groups excluding carboxylic acids is 1. The molecule has 0 unspecified atom stereocenters. The van der Waals surface area contributed by atoms with Gasteiger partial charge in [0.05, 0.1) is 11.5 Å². The molecule has 0 amide bonds. The quantitative estimate of drug-likeness (QED) is 0.295. The van der Waals surface area contributed by atoms with Gasteiger partial charge in [-0.1, -0.05) is 0 Å². The molecule has 0 saturated carbocycles. The third-order valence-electron chi connectivity index (χ3n) is 4.56. The number of hydrogen-bond donors (Lipinski definition) is 4. The van der Waals surface area contributed by atoms with Crippen LogP contribution >= 0.6 is 0 Å². The topological polar surface area (TPSA) is 160 Å². The van der Waals surface area contributed by atoms with Crippen molar-refractivity contribution in [1.82, 2.24) is 0 Å². The molecule has 5 atom stereocenters. The van der Waals surface area contributed by atoms with Gasteiger partial charge in [0, 0.05) is 23.3 Å². The van der Waals surface area contributed by atoms with Crippen molar-refractivity contribution in [1.29, 1.82) is 0 Å². The minimum atomic E-state index is -1.56. The number of non-ortho nitro benzene ring substituents is 1. The van der Waals surface area contributed by atoms with Crippen molar-refractivity contribution in [3.05, 3.63) is 69.8 Å². The molecule has 10 heteroatoms. The molecule has 1 aliphatic rings. The maximum atomic E-state index is 12.5. The molecule has 1 fully saturated rings. The summed E-state index contributed by atoms with van der Waals surface area (Å²) in [5.74, 6) is -0.131. The number of carbonyl (C=O) groups is 1. The Bertz CT molecular complexity index is 866. The fraction of sp³-hybridized carbons (Fsp3) is 0.316. The smallest absolute Gasteiger partial charge is 0.269 e. The molecule has 2 aromatic carbocycles. The normalized spacial score (nSPS) is 26.7. The minimum absolute atomic E-state index is 0.121. The first-order chi connectivity index (χ1) is 13.8. The maximum Gasteiger partial charge on any atom is 0.269 e. The molecule has 29 heavy (non-hydrogen) atoms. The van der Waals surface area contributed by atoms with Gasteiger partial charge in [0.1, 0.15) is 30.2 Å². The highest BCUT2D eigenvalue weighted by atomic mass is 16.7. The summed E-state index contributed by atoms with van der Waals surface area (Å²) < 4.78 is 10.7. The Morgan fingerprint density at radius 3 is 2.03 bits per heavy atom. The largest absolute Gasteiger partial charge is 0.462 e. The van der Waals surface area contributed by atoms with Crippen LogP contribution in [-0.4, -0.2) is 68.4 Å². The highest BCUT2D eigenvalue weighted by Gasteiger charge is 2.44. The number of nitro groups is 1. The van der Waals surface area contributed by atoms with Crippen LogP contribution in [0.15, 0.2) is 48.5 Å². The molecule has 1 saturated heterocycles. The van der Waals surface area contributed by atoms with Crippen molar-refractivity contribution >= 4 is 11.5 Å². The Balaban J connectivity index is 1.69. The Hall–Kier alpha value is -2.89. The summed E-state index contributed by atoms with van der Waals surface area (Å²) in [5.41, 5.74) is 0.461. The van der Waals surface area contributed by atoms with Crippen LogP contribution in [0.5, 0.6) is 5.75 Å². The number of aliphatic hydroxyl groups excluding tert-OH is 4. The summed E-state index contributed by atoms with van der Waals surface area (Å²) in [7, 11) is 0. The molecule has 154 valence electrons. The van der Waals surface area contributed by atoms with E-state index < -0.39 is 42.2 Å². The summed E-state index contributed by atoms with van der Waals surface area (Å²) in [6.45, 7) is -0.576. The predicted octanol–water partition coefficient (Wildman–Crippen LogP) is 0.00450. The monoisotopic (exact) mass is 405 g/mol. The van der Waals surface area contributed by atoms with Crippen molar-refractivity contribution in [2.24, 2.45) is 0 Å². The Labute approximate surface area is 164 Å². The molecule has 0 bridgehead atoms. The number of hydrogen-bond acceptors (Lipinski definition) is 9. The van der Waals surface area contributed by atoms with Crippen LogP contribution in [0.2, 0.25) is 0 Å². The molecule has 3 rings (SSSR count). The fourth-order valence-electron chi connectivity index (χ4n) is 2.88. The lowest BCUT2D eigenvalue weighted by Crippen LogP contribution is -2.60. The van der Waals surface area contributed by atoms with Crippen molar-refractivity contribution < 1.29 is 39.6 Å². The van der Waals surface area contributed by atoms with E-state index in [4.69, 9.17) is 9.47 Å². The second kappa shape index (κ2) is 8.64. The average Bonchev–Trinajstić information content (AvgIpc) is 2.74. The van der Waals surface area contributed by atoms with Gasteiger partial charge in [-0.3, -0.25) is 14.9 Å². The average molecular weight is 405 g/mol. The van der Waals surface area contributed by atoms with Crippen LogP contribution in [-0.2, 0) is 4.74 Å². The molecule has 0 aromatic heterocycles. The summed E-state index contributed by atoms with van der Waals surface area (Å²) in [6.07, 6.45) is -7.03. The summed E-state index contributed by atoms with van der Waals surface area (Å²) in [4.78, 5) is 22.6. The molecule has 10 nitrogen and oxygen atoms in total. The highest BCUT2D eigenvalue weighted by Crippen LogP contribution is 2.25. The summed E-state index contributed by atoms with van der Waals surface area (Å²) in [6, 6.07) is 11.0. The van der Waals surface area contributed by atoms with E-state index in [1.165, 1.54) is 48.5 Å². The number of ether oxygens (including phenoxy) is 2. The maximum absolute atomic E-state index is 12.5. The van der Waals surface area contributed by atoms with Crippen molar-refractivity contribution in [3.63, 3.8) is 0 Å². The SMILES string of the molecule is O=C(c1ccc(O[C@@H]2O[C@H](CO)[C@@H](O)[C@H](O)[C@@H]2O)cc1)c1ccc([N+](=O)[O-])cc1. The highest BCUT2D eigenvalue weighted by molar-refractivity contribution is 6.09. The van der Waals surface area contributed by atoms with Gasteiger partial charge in [-0.2, -0.15) is 0 Å². The van der Waals surface area contributed by atoms with E-state index in [1.807, 2.05) is 0 Å². The van der Waals surface area contributed by atoms with Gasteiger partial charge >= 0.3 is 0 Å². The summed E-state index contributed by atoms with van der Waals surface area (Å²) in [5, 5.41) is 49.4. The Kier molecular flexibility index (Phi) is 6.20. The number of ketones is 1. The van der Waals surface area contributed by atoms with Gasteiger partial charge in [0.2, 0.25) is 6.29 Å². The van der Waals surface area contributed by atoms with E-state index in [2.05, 4.69) is 0 Å². The molecular formula is C19H19NO9. The van der Waals surface area contributed by atoms with Gasteiger partial charge < -0.3 is 29.9 Å². The predicted molar refractivity (Wildman–Crippen MR) is 97.4 cm³/mol. The van der Waals surface area contributed by atoms with Gasteiger partial charge in [0.15, 0.2) is 5.78 Å². The molecule has 2 aromatic rings. The van der Waals surface area contributed by atoms with Crippen LogP contribution in [0, 0.1) is 10.1 Å². The number of rotatable bonds is 6. The fourth-order valence-corrected chi connectivity index (χ4v) is 2.88. The van der Waals surface area contributed by atoms with E-state index in [0.29, 0.717) is 5.56 Å². The van der Waals surface area contributed by atoms with Gasteiger partial charge in [0.25, 0.3) is 5.69 Å². The molecule has 0 aliphatic carbocycles. The molecular weight excluding hydrogens is 386 g/mol. The molecule has 4 N–H and O–H groups in total. The van der Waals surface area contributed by atoms with Gasteiger partial charge in [-0.05, 0) is 36.4 Å². The molecule has 0 spiro atoms. The van der Waals surface area contributed by atoms with E-state index in [1.54, 1.807) is 0 Å². The van der Waals surface area contributed by atoms with E-state index in [0.717, 1.165) is 0 Å². The van der Waals surface area contributed by atoms with E-state index >= 15 is 0 Å². The third-order valence-corrected chi connectivity index (χ3v) is 4.56. The van der Waals surface area contributed by atoms with Crippen molar-refractivity contribution in [2.45, 2.75) is 30.7 Å². The van der Waals surface area contributed by atoms with E-state index in [-0.39, 0.29) is 22.8 Å². The zero-order chi connectivity index (χ0) is 21.1. The zero-order valence-corrected chi connectivity index (χ0v) is 15.0. The lowest BCUT2D eigenvalue weighted by molar-refractivity contribution is -0.384. The van der Waals surface area contributed by atoms with Crippen molar-refractivity contribution in [2.75, 3.05) is 6.61 Å². The zero-order valence-electron chi connectivity index (χ0n) is 15.0. The lowest BCUT2D eigenvalue weighted by Gasteiger charge is -2.39. The number of nitro benzene ring substituents is 1. The Morgan fingerprint density at radius 1 is 0.966 bits per heavy atom. The first kappa shape index (κ1) is 20.8. The molecule has 1 heterocycles. The number of benzene rings is 2. The summed E-state index contributed by atoms with van der Waals surface area (Å²) >= 11 is 0. The lowest BCUT2D eigenvalue weighted by atomic mass is 9.99. The van der Waals surface area contributed by atoms with Crippen LogP contribution < -0.4 is 4.74 Å².